The average molecular weight is 204 g/mol. The van der Waals surface area contributed by atoms with Crippen molar-refractivity contribution >= 4 is 5.57 Å². The van der Waals surface area contributed by atoms with Gasteiger partial charge in [0.05, 0.1) is 0 Å². The van der Waals surface area contributed by atoms with Crippen LogP contribution in [0, 0.1) is 0 Å². The van der Waals surface area contributed by atoms with Crippen molar-refractivity contribution in [3.8, 4) is 11.5 Å². The molecule has 0 aromatic heterocycles. The van der Waals surface area contributed by atoms with Crippen molar-refractivity contribution in [2.45, 2.75) is 32.1 Å². The number of hydrogen-bond donors (Lipinski definition) is 2. The van der Waals surface area contributed by atoms with Gasteiger partial charge in [0.2, 0.25) is 0 Å². The molecule has 2 N–H and O–H groups in total. The Morgan fingerprint density at radius 2 is 1.60 bits per heavy atom. The maximum atomic E-state index is 9.41. The number of phenolic OH excluding ortho intramolecular Hbond substituents is 2. The molecule has 0 spiro atoms. The van der Waals surface area contributed by atoms with E-state index < -0.39 is 0 Å². The molecule has 2 heteroatoms. The number of allylic oxidation sites excluding steroid dienone is 2. The zero-order valence-corrected chi connectivity index (χ0v) is 8.74. The average Bonchev–Trinajstić information content (AvgIpc) is 2.43. The predicted octanol–water partition coefficient (Wildman–Crippen LogP) is 3.45. The van der Waals surface area contributed by atoms with Gasteiger partial charge >= 0.3 is 0 Å². The highest BCUT2D eigenvalue weighted by Crippen LogP contribution is 2.30. The van der Waals surface area contributed by atoms with Crippen LogP contribution in [0.1, 0.15) is 37.7 Å². The predicted molar refractivity (Wildman–Crippen MR) is 60.8 cm³/mol. The monoisotopic (exact) mass is 204 g/mol. The van der Waals surface area contributed by atoms with E-state index >= 15 is 0 Å². The molecule has 0 saturated carbocycles. The third-order valence-corrected chi connectivity index (χ3v) is 2.81. The first-order valence-electron chi connectivity index (χ1n) is 5.48. The van der Waals surface area contributed by atoms with E-state index in [9.17, 15) is 10.2 Å². The summed E-state index contributed by atoms with van der Waals surface area (Å²) >= 11 is 0. The summed E-state index contributed by atoms with van der Waals surface area (Å²) in [6.07, 6.45) is 8.08. The molecule has 0 heterocycles. The van der Waals surface area contributed by atoms with Crippen LogP contribution >= 0.6 is 0 Å². The molecule has 15 heavy (non-hydrogen) atoms. The normalized spacial score (nSPS) is 16.9. The second kappa shape index (κ2) is 4.39. The summed E-state index contributed by atoms with van der Waals surface area (Å²) in [5.74, 6) is 0.269. The lowest BCUT2D eigenvalue weighted by molar-refractivity contribution is 0.450. The van der Waals surface area contributed by atoms with Gasteiger partial charge in [0.25, 0.3) is 0 Å². The van der Waals surface area contributed by atoms with Crippen LogP contribution in [0.15, 0.2) is 24.3 Å². The maximum absolute atomic E-state index is 9.41. The molecule has 1 aromatic rings. The molecule has 0 atom stereocenters. The molecule has 0 aliphatic heterocycles. The van der Waals surface area contributed by atoms with E-state index in [1.807, 2.05) is 0 Å². The van der Waals surface area contributed by atoms with E-state index in [2.05, 4.69) is 6.08 Å². The van der Waals surface area contributed by atoms with Gasteiger partial charge in [-0.3, -0.25) is 0 Å². The summed E-state index contributed by atoms with van der Waals surface area (Å²) in [6.45, 7) is 0. The molecule has 0 saturated heterocycles. The molecule has 0 fully saturated rings. The number of aromatic hydroxyl groups is 2. The van der Waals surface area contributed by atoms with E-state index in [-0.39, 0.29) is 11.5 Å². The highest BCUT2D eigenvalue weighted by Gasteiger charge is 2.07. The minimum Gasteiger partial charge on any atom is -0.508 e. The summed E-state index contributed by atoms with van der Waals surface area (Å²) in [6, 6.07) is 4.80. The highest BCUT2D eigenvalue weighted by atomic mass is 16.3. The molecule has 0 unspecified atom stereocenters. The third kappa shape index (κ3) is 2.52. The van der Waals surface area contributed by atoms with Crippen LogP contribution in [0.2, 0.25) is 0 Å². The highest BCUT2D eigenvalue weighted by molar-refractivity contribution is 5.68. The number of rotatable bonds is 1. The van der Waals surface area contributed by atoms with E-state index in [1.165, 1.54) is 30.9 Å². The first-order valence-corrected chi connectivity index (χ1v) is 5.48. The van der Waals surface area contributed by atoms with Crippen molar-refractivity contribution in [3.05, 3.63) is 29.8 Å². The van der Waals surface area contributed by atoms with Crippen LogP contribution < -0.4 is 0 Å². The van der Waals surface area contributed by atoms with Gasteiger partial charge in [-0.15, -0.1) is 0 Å². The zero-order chi connectivity index (χ0) is 10.7. The number of hydrogen-bond acceptors (Lipinski definition) is 2. The lowest BCUT2D eigenvalue weighted by Crippen LogP contribution is -1.84. The van der Waals surface area contributed by atoms with Gasteiger partial charge in [-0.1, -0.05) is 12.5 Å². The molecule has 1 aliphatic carbocycles. The van der Waals surface area contributed by atoms with E-state index in [0.717, 1.165) is 18.4 Å². The Balaban J connectivity index is 2.31. The fourth-order valence-corrected chi connectivity index (χ4v) is 2.06. The Bertz CT molecular complexity index is 360. The van der Waals surface area contributed by atoms with Crippen LogP contribution in [0.4, 0.5) is 0 Å². The van der Waals surface area contributed by atoms with Gasteiger partial charge in [0, 0.05) is 6.07 Å². The molecule has 0 radical (unpaired) electrons. The van der Waals surface area contributed by atoms with E-state index in [0.29, 0.717) is 0 Å². The second-order valence-electron chi connectivity index (χ2n) is 4.07. The Labute approximate surface area is 89.9 Å². The largest absolute Gasteiger partial charge is 0.508 e. The van der Waals surface area contributed by atoms with Gasteiger partial charge in [-0.2, -0.15) is 0 Å². The van der Waals surface area contributed by atoms with Crippen LogP contribution in [-0.4, -0.2) is 10.2 Å². The van der Waals surface area contributed by atoms with Crippen molar-refractivity contribution in [1.29, 1.82) is 0 Å². The minimum atomic E-state index is 0.134. The van der Waals surface area contributed by atoms with Crippen molar-refractivity contribution in [2.24, 2.45) is 0 Å². The van der Waals surface area contributed by atoms with Gasteiger partial charge < -0.3 is 10.2 Å². The Morgan fingerprint density at radius 1 is 0.867 bits per heavy atom. The SMILES string of the molecule is Oc1cc(O)cc(C2=CCCCCC2)c1. The molecule has 2 nitrogen and oxygen atoms in total. The fraction of sp³-hybridized carbons (Fsp3) is 0.385. The summed E-state index contributed by atoms with van der Waals surface area (Å²) in [5, 5.41) is 18.8. The zero-order valence-electron chi connectivity index (χ0n) is 8.74. The smallest absolute Gasteiger partial charge is 0.119 e. The standard InChI is InChI=1S/C13H16O2/c14-12-7-11(8-13(15)9-12)10-5-3-1-2-4-6-10/h5,7-9,14-15H,1-4,6H2. The molecular formula is C13H16O2. The van der Waals surface area contributed by atoms with Crippen molar-refractivity contribution in [3.63, 3.8) is 0 Å². The molecule has 2 rings (SSSR count). The first-order chi connectivity index (χ1) is 7.25. The van der Waals surface area contributed by atoms with E-state index in [1.54, 1.807) is 12.1 Å². The maximum Gasteiger partial charge on any atom is 0.119 e. The van der Waals surface area contributed by atoms with Crippen LogP contribution in [0.5, 0.6) is 11.5 Å². The summed E-state index contributed by atoms with van der Waals surface area (Å²) in [5.41, 5.74) is 2.20. The second-order valence-corrected chi connectivity index (χ2v) is 4.07. The molecule has 0 amide bonds. The summed E-state index contributed by atoms with van der Waals surface area (Å²) in [4.78, 5) is 0. The first kappa shape index (κ1) is 10.1. The topological polar surface area (TPSA) is 40.5 Å². The lowest BCUT2D eigenvalue weighted by atomic mass is 10.0. The van der Waals surface area contributed by atoms with Crippen molar-refractivity contribution in [2.75, 3.05) is 0 Å². The van der Waals surface area contributed by atoms with Gasteiger partial charge in [0.15, 0.2) is 0 Å². The Morgan fingerprint density at radius 3 is 2.33 bits per heavy atom. The van der Waals surface area contributed by atoms with Gasteiger partial charge in [0.1, 0.15) is 11.5 Å². The van der Waals surface area contributed by atoms with Gasteiger partial charge in [-0.25, -0.2) is 0 Å². The number of phenols is 2. The summed E-state index contributed by atoms with van der Waals surface area (Å²) < 4.78 is 0. The van der Waals surface area contributed by atoms with E-state index in [4.69, 9.17) is 0 Å². The van der Waals surface area contributed by atoms with Crippen molar-refractivity contribution in [1.82, 2.24) is 0 Å². The van der Waals surface area contributed by atoms with Crippen LogP contribution in [-0.2, 0) is 0 Å². The third-order valence-electron chi connectivity index (χ3n) is 2.81. The Hall–Kier alpha value is -1.44. The Kier molecular flexibility index (Phi) is 2.95. The molecule has 0 bridgehead atoms. The van der Waals surface area contributed by atoms with Crippen molar-refractivity contribution < 1.29 is 10.2 Å². The molecule has 1 aliphatic rings. The van der Waals surface area contributed by atoms with Crippen LogP contribution in [0.3, 0.4) is 0 Å². The molecule has 1 aromatic carbocycles. The summed E-state index contributed by atoms with van der Waals surface area (Å²) in [7, 11) is 0. The fourth-order valence-electron chi connectivity index (χ4n) is 2.06. The van der Waals surface area contributed by atoms with Crippen LogP contribution in [0.25, 0.3) is 5.57 Å². The quantitative estimate of drug-likeness (QED) is 0.735. The lowest BCUT2D eigenvalue weighted by Gasteiger charge is -2.06. The molecular weight excluding hydrogens is 188 g/mol. The minimum absolute atomic E-state index is 0.134. The number of benzene rings is 1. The molecule has 80 valence electrons. The van der Waals surface area contributed by atoms with Gasteiger partial charge in [-0.05, 0) is 49.0 Å².